The summed E-state index contributed by atoms with van der Waals surface area (Å²) >= 11 is 0. The third-order valence-electron chi connectivity index (χ3n) is 3.69. The topological polar surface area (TPSA) is 41.6 Å². The van der Waals surface area contributed by atoms with Crippen LogP contribution in [0.1, 0.15) is 5.56 Å². The number of benzene rings is 2. The Labute approximate surface area is 120 Å². The Kier molecular flexibility index (Phi) is 2.51. The molecule has 4 heteroatoms. The number of aryl methyl sites for hydroxylation is 1. The van der Waals surface area contributed by atoms with E-state index in [9.17, 15) is 4.39 Å². The molecule has 4 rings (SSSR count). The first kappa shape index (κ1) is 12.0. The summed E-state index contributed by atoms with van der Waals surface area (Å²) in [5.41, 5.74) is 4.62. The number of aromatic amines is 1. The quantitative estimate of drug-likeness (QED) is 0.566. The second kappa shape index (κ2) is 4.38. The lowest BCUT2D eigenvalue weighted by molar-refractivity contribution is 0.629. The van der Waals surface area contributed by atoms with Gasteiger partial charge in [-0.2, -0.15) is 5.10 Å². The van der Waals surface area contributed by atoms with Gasteiger partial charge in [0.25, 0.3) is 0 Å². The van der Waals surface area contributed by atoms with Crippen molar-refractivity contribution in [3.05, 3.63) is 60.0 Å². The monoisotopic (exact) mass is 277 g/mol. The Morgan fingerprint density at radius 2 is 1.81 bits per heavy atom. The lowest BCUT2D eigenvalue weighted by Crippen LogP contribution is -1.83. The normalized spacial score (nSPS) is 11.3. The lowest BCUT2D eigenvalue weighted by Gasteiger charge is -2.01. The molecule has 0 amide bonds. The van der Waals surface area contributed by atoms with Crippen molar-refractivity contribution in [1.82, 2.24) is 15.2 Å². The maximum absolute atomic E-state index is 13.5. The summed E-state index contributed by atoms with van der Waals surface area (Å²) in [7, 11) is 0. The molecule has 0 atom stereocenters. The first-order valence-electron chi connectivity index (χ1n) is 6.72. The van der Waals surface area contributed by atoms with E-state index in [1.807, 2.05) is 31.2 Å². The molecule has 0 radical (unpaired) electrons. The molecular formula is C17H12FN3. The zero-order valence-electron chi connectivity index (χ0n) is 11.4. The van der Waals surface area contributed by atoms with Crippen LogP contribution in [-0.2, 0) is 0 Å². The Morgan fingerprint density at radius 1 is 1.00 bits per heavy atom. The first-order chi connectivity index (χ1) is 10.2. The van der Waals surface area contributed by atoms with Gasteiger partial charge in [0.15, 0.2) is 0 Å². The third kappa shape index (κ3) is 1.88. The lowest BCUT2D eigenvalue weighted by atomic mass is 10.1. The van der Waals surface area contributed by atoms with Crippen molar-refractivity contribution in [2.75, 3.05) is 0 Å². The van der Waals surface area contributed by atoms with E-state index in [4.69, 9.17) is 0 Å². The van der Waals surface area contributed by atoms with E-state index in [1.165, 1.54) is 17.7 Å². The van der Waals surface area contributed by atoms with Gasteiger partial charge in [0.1, 0.15) is 11.5 Å². The van der Waals surface area contributed by atoms with Gasteiger partial charge in [-0.15, -0.1) is 0 Å². The number of H-pyrrole nitrogens is 1. The number of pyridine rings is 1. The maximum atomic E-state index is 13.5. The van der Waals surface area contributed by atoms with E-state index < -0.39 is 0 Å². The van der Waals surface area contributed by atoms with Crippen LogP contribution in [0.2, 0.25) is 0 Å². The van der Waals surface area contributed by atoms with Crippen LogP contribution < -0.4 is 0 Å². The average molecular weight is 277 g/mol. The largest absolute Gasteiger partial charge is 0.276 e. The van der Waals surface area contributed by atoms with Crippen molar-refractivity contribution < 1.29 is 4.39 Å². The van der Waals surface area contributed by atoms with Gasteiger partial charge in [-0.25, -0.2) is 4.39 Å². The van der Waals surface area contributed by atoms with E-state index in [1.54, 1.807) is 12.3 Å². The summed E-state index contributed by atoms with van der Waals surface area (Å²) in [6.07, 6.45) is 1.79. The van der Waals surface area contributed by atoms with Crippen LogP contribution in [0.15, 0.2) is 48.7 Å². The second-order valence-corrected chi connectivity index (χ2v) is 5.15. The van der Waals surface area contributed by atoms with E-state index in [0.717, 1.165) is 33.1 Å². The highest BCUT2D eigenvalue weighted by Gasteiger charge is 2.11. The zero-order chi connectivity index (χ0) is 14.4. The molecule has 3 nitrogen and oxygen atoms in total. The van der Waals surface area contributed by atoms with Crippen LogP contribution in [0.5, 0.6) is 0 Å². The smallest absolute Gasteiger partial charge is 0.124 e. The molecule has 0 aliphatic heterocycles. The van der Waals surface area contributed by atoms with Crippen molar-refractivity contribution in [3.8, 4) is 11.3 Å². The molecule has 4 aromatic rings. The molecule has 2 aromatic carbocycles. The highest BCUT2D eigenvalue weighted by atomic mass is 19.1. The summed E-state index contributed by atoms with van der Waals surface area (Å²) in [5, 5.41) is 9.05. The molecule has 0 fully saturated rings. The molecule has 0 aliphatic rings. The van der Waals surface area contributed by atoms with Gasteiger partial charge in [0, 0.05) is 22.5 Å². The summed E-state index contributed by atoms with van der Waals surface area (Å²) in [6, 6.07) is 12.7. The number of halogens is 1. The van der Waals surface area contributed by atoms with Gasteiger partial charge in [-0.05, 0) is 25.1 Å². The van der Waals surface area contributed by atoms with Gasteiger partial charge >= 0.3 is 0 Å². The highest BCUT2D eigenvalue weighted by Crippen LogP contribution is 2.30. The van der Waals surface area contributed by atoms with Crippen molar-refractivity contribution in [3.63, 3.8) is 0 Å². The summed E-state index contributed by atoms with van der Waals surface area (Å²) in [4.78, 5) is 4.40. The van der Waals surface area contributed by atoms with Gasteiger partial charge in [0.05, 0.1) is 11.0 Å². The molecule has 0 saturated heterocycles. The zero-order valence-corrected chi connectivity index (χ0v) is 11.4. The number of aromatic nitrogens is 3. The van der Waals surface area contributed by atoms with Gasteiger partial charge in [-0.3, -0.25) is 10.1 Å². The molecule has 102 valence electrons. The van der Waals surface area contributed by atoms with E-state index in [2.05, 4.69) is 15.2 Å². The first-order valence-corrected chi connectivity index (χ1v) is 6.72. The number of rotatable bonds is 1. The van der Waals surface area contributed by atoms with Crippen molar-refractivity contribution in [2.45, 2.75) is 6.92 Å². The fourth-order valence-electron chi connectivity index (χ4n) is 2.57. The molecule has 0 unspecified atom stereocenters. The maximum Gasteiger partial charge on any atom is 0.124 e. The number of fused-ring (bicyclic) bond motifs is 3. The Morgan fingerprint density at radius 3 is 2.62 bits per heavy atom. The van der Waals surface area contributed by atoms with Crippen molar-refractivity contribution in [1.29, 1.82) is 0 Å². The van der Waals surface area contributed by atoms with Crippen LogP contribution in [0.4, 0.5) is 4.39 Å². The Hall–Kier alpha value is -2.75. The Bertz CT molecular complexity index is 955. The predicted octanol–water partition coefficient (Wildman–Crippen LogP) is 4.23. The fraction of sp³-hybridized carbons (Fsp3) is 0.0588. The minimum Gasteiger partial charge on any atom is -0.276 e. The number of nitrogens with zero attached hydrogens (tertiary/aromatic N) is 2. The Balaban J connectivity index is 2.02. The van der Waals surface area contributed by atoms with Crippen LogP contribution in [-0.4, -0.2) is 15.2 Å². The molecule has 2 aromatic heterocycles. The summed E-state index contributed by atoms with van der Waals surface area (Å²) < 4.78 is 13.5. The van der Waals surface area contributed by atoms with Crippen LogP contribution in [0.3, 0.4) is 0 Å². The third-order valence-corrected chi connectivity index (χ3v) is 3.69. The molecule has 21 heavy (non-hydrogen) atoms. The fourth-order valence-corrected chi connectivity index (χ4v) is 2.57. The number of hydrogen-bond acceptors (Lipinski definition) is 2. The molecule has 0 bridgehead atoms. The summed E-state index contributed by atoms with van der Waals surface area (Å²) in [6.45, 7) is 2.05. The average Bonchev–Trinajstić information content (AvgIpc) is 2.92. The number of nitrogens with one attached hydrogen (secondary N) is 1. The standard InChI is InChI=1S/C17H12FN3/c1-10-2-4-11(5-3-10)16-14-9-19-15-7-6-12(18)8-13(15)17(14)21-20-16/h2-9H,1H3,(H,20,21). The van der Waals surface area contributed by atoms with E-state index in [-0.39, 0.29) is 5.82 Å². The van der Waals surface area contributed by atoms with Gasteiger partial charge < -0.3 is 0 Å². The molecule has 0 aliphatic carbocycles. The SMILES string of the molecule is Cc1ccc(-c2n[nH]c3c2cnc2ccc(F)cc23)cc1. The second-order valence-electron chi connectivity index (χ2n) is 5.15. The van der Waals surface area contributed by atoms with Gasteiger partial charge in [-0.1, -0.05) is 29.8 Å². The minimum absolute atomic E-state index is 0.275. The van der Waals surface area contributed by atoms with E-state index in [0.29, 0.717) is 0 Å². The van der Waals surface area contributed by atoms with Crippen molar-refractivity contribution >= 4 is 21.8 Å². The number of hydrogen-bond donors (Lipinski definition) is 1. The molecule has 0 spiro atoms. The van der Waals surface area contributed by atoms with Crippen LogP contribution in [0.25, 0.3) is 33.1 Å². The predicted molar refractivity (Wildman–Crippen MR) is 81.5 cm³/mol. The van der Waals surface area contributed by atoms with Crippen LogP contribution in [0, 0.1) is 12.7 Å². The van der Waals surface area contributed by atoms with Crippen molar-refractivity contribution in [2.24, 2.45) is 0 Å². The summed E-state index contributed by atoms with van der Waals surface area (Å²) in [5.74, 6) is -0.275. The van der Waals surface area contributed by atoms with E-state index >= 15 is 0 Å². The molecule has 2 heterocycles. The van der Waals surface area contributed by atoms with Crippen LogP contribution >= 0.6 is 0 Å². The molecule has 0 saturated carbocycles. The molecule has 1 N–H and O–H groups in total. The highest BCUT2D eigenvalue weighted by molar-refractivity contribution is 6.07. The molecular weight excluding hydrogens is 265 g/mol. The minimum atomic E-state index is -0.275. The van der Waals surface area contributed by atoms with Gasteiger partial charge in [0.2, 0.25) is 0 Å².